The summed E-state index contributed by atoms with van der Waals surface area (Å²) in [6.45, 7) is 6.72. The van der Waals surface area contributed by atoms with Crippen molar-refractivity contribution in [3.63, 3.8) is 0 Å². The number of benzene rings is 1. The number of ketones is 1. The average molecular weight is 258 g/mol. The molecule has 100 valence electrons. The van der Waals surface area contributed by atoms with Crippen LogP contribution in [0.2, 0.25) is 0 Å². The van der Waals surface area contributed by atoms with Gasteiger partial charge >= 0.3 is 0 Å². The van der Waals surface area contributed by atoms with Crippen molar-refractivity contribution in [2.75, 3.05) is 6.61 Å². The van der Waals surface area contributed by atoms with Gasteiger partial charge in [-0.2, -0.15) is 5.10 Å². The van der Waals surface area contributed by atoms with E-state index in [9.17, 15) is 4.79 Å². The summed E-state index contributed by atoms with van der Waals surface area (Å²) < 4.78 is 7.50. The molecule has 0 unspecified atom stereocenters. The van der Waals surface area contributed by atoms with Crippen molar-refractivity contribution in [1.82, 2.24) is 9.78 Å². The molecule has 1 aromatic heterocycles. The van der Waals surface area contributed by atoms with Crippen LogP contribution >= 0.6 is 0 Å². The first-order valence-electron chi connectivity index (χ1n) is 6.37. The molecule has 0 bridgehead atoms. The van der Waals surface area contributed by atoms with Gasteiger partial charge in [-0.1, -0.05) is 0 Å². The van der Waals surface area contributed by atoms with Crippen LogP contribution in [0.4, 0.5) is 0 Å². The van der Waals surface area contributed by atoms with Crippen molar-refractivity contribution >= 4 is 5.78 Å². The van der Waals surface area contributed by atoms with E-state index in [-0.39, 0.29) is 5.78 Å². The summed E-state index contributed by atoms with van der Waals surface area (Å²) in [4.78, 5) is 11.5. The molecule has 4 nitrogen and oxygen atoms in total. The lowest BCUT2D eigenvalue weighted by Crippen LogP contribution is -2.07. The molecule has 0 aliphatic heterocycles. The van der Waals surface area contributed by atoms with E-state index < -0.39 is 0 Å². The number of carbonyl (C=O) groups excluding carboxylic acids is 1. The summed E-state index contributed by atoms with van der Waals surface area (Å²) in [5, 5.41) is 4.26. The molecule has 4 heteroatoms. The van der Waals surface area contributed by atoms with Crippen molar-refractivity contribution in [2.24, 2.45) is 0 Å². The van der Waals surface area contributed by atoms with Gasteiger partial charge in [0.1, 0.15) is 5.75 Å². The van der Waals surface area contributed by atoms with Gasteiger partial charge in [-0.15, -0.1) is 0 Å². The smallest absolute Gasteiger partial charge is 0.159 e. The third-order valence-electron chi connectivity index (χ3n) is 3.02. The fourth-order valence-corrected chi connectivity index (χ4v) is 1.94. The van der Waals surface area contributed by atoms with Gasteiger partial charge in [-0.05, 0) is 45.0 Å². The highest BCUT2D eigenvalue weighted by Gasteiger charge is 2.09. The number of aryl methyl sites for hydroxylation is 1. The summed E-state index contributed by atoms with van der Waals surface area (Å²) in [6.07, 6.45) is 1.77. The van der Waals surface area contributed by atoms with Crippen LogP contribution < -0.4 is 4.74 Å². The SMILES string of the molecule is CCOc1ccc(C(C)=O)cc1Cn1nccc1C. The predicted molar refractivity (Wildman–Crippen MR) is 73.7 cm³/mol. The molecular formula is C15H18N2O2. The Morgan fingerprint density at radius 3 is 2.74 bits per heavy atom. The number of hydrogen-bond acceptors (Lipinski definition) is 3. The minimum atomic E-state index is 0.0569. The zero-order valence-electron chi connectivity index (χ0n) is 11.5. The van der Waals surface area contributed by atoms with Crippen LogP contribution in [-0.2, 0) is 6.54 Å². The van der Waals surface area contributed by atoms with Gasteiger partial charge in [0, 0.05) is 23.0 Å². The first-order chi connectivity index (χ1) is 9.11. The Hall–Kier alpha value is -2.10. The topological polar surface area (TPSA) is 44.1 Å². The number of nitrogens with zero attached hydrogens (tertiary/aromatic N) is 2. The van der Waals surface area contributed by atoms with Crippen LogP contribution in [0.5, 0.6) is 5.75 Å². The van der Waals surface area contributed by atoms with E-state index in [2.05, 4.69) is 5.10 Å². The van der Waals surface area contributed by atoms with E-state index in [0.29, 0.717) is 18.7 Å². The van der Waals surface area contributed by atoms with Gasteiger partial charge in [-0.3, -0.25) is 9.48 Å². The lowest BCUT2D eigenvalue weighted by atomic mass is 10.1. The highest BCUT2D eigenvalue weighted by atomic mass is 16.5. The lowest BCUT2D eigenvalue weighted by Gasteiger charge is -2.12. The van der Waals surface area contributed by atoms with Gasteiger partial charge in [0.05, 0.1) is 13.2 Å². The fraction of sp³-hybridized carbons (Fsp3) is 0.333. The van der Waals surface area contributed by atoms with Crippen LogP contribution in [0.1, 0.15) is 35.5 Å². The molecule has 19 heavy (non-hydrogen) atoms. The summed E-state index contributed by atoms with van der Waals surface area (Å²) >= 11 is 0. The first-order valence-corrected chi connectivity index (χ1v) is 6.37. The maximum Gasteiger partial charge on any atom is 0.159 e. The second kappa shape index (κ2) is 5.69. The molecule has 0 saturated carbocycles. The Kier molecular flexibility index (Phi) is 4.00. The average Bonchev–Trinajstić information content (AvgIpc) is 2.77. The fourth-order valence-electron chi connectivity index (χ4n) is 1.94. The second-order valence-corrected chi connectivity index (χ2v) is 4.44. The number of ether oxygens (including phenoxy) is 1. The maximum absolute atomic E-state index is 11.5. The van der Waals surface area contributed by atoms with Crippen LogP contribution in [-0.4, -0.2) is 22.2 Å². The maximum atomic E-state index is 11.5. The van der Waals surface area contributed by atoms with E-state index in [1.165, 1.54) is 0 Å². The zero-order chi connectivity index (χ0) is 13.8. The molecule has 0 amide bonds. The standard InChI is InChI=1S/C15H18N2O2/c1-4-19-15-6-5-13(12(3)18)9-14(15)10-17-11(2)7-8-16-17/h5-9H,4,10H2,1-3H3. The molecule has 2 aromatic rings. The molecule has 0 atom stereocenters. The number of carbonyl (C=O) groups is 1. The number of aromatic nitrogens is 2. The number of Topliss-reactive ketones (excluding diaryl/α,β-unsaturated/α-hetero) is 1. The minimum absolute atomic E-state index is 0.0569. The van der Waals surface area contributed by atoms with Crippen molar-refractivity contribution < 1.29 is 9.53 Å². The van der Waals surface area contributed by atoms with E-state index >= 15 is 0 Å². The third-order valence-corrected chi connectivity index (χ3v) is 3.02. The summed E-state index contributed by atoms with van der Waals surface area (Å²) in [5.74, 6) is 0.865. The normalized spacial score (nSPS) is 10.5. The minimum Gasteiger partial charge on any atom is -0.494 e. The molecule has 0 saturated heterocycles. The van der Waals surface area contributed by atoms with Crippen LogP contribution in [0.3, 0.4) is 0 Å². The molecule has 1 heterocycles. The highest BCUT2D eigenvalue weighted by Crippen LogP contribution is 2.22. The van der Waals surface area contributed by atoms with Gasteiger partial charge in [0.15, 0.2) is 5.78 Å². The lowest BCUT2D eigenvalue weighted by molar-refractivity contribution is 0.101. The summed E-state index contributed by atoms with van der Waals surface area (Å²) in [7, 11) is 0. The molecule has 0 spiro atoms. The van der Waals surface area contributed by atoms with Gasteiger partial charge in [0.2, 0.25) is 0 Å². The van der Waals surface area contributed by atoms with E-state index in [1.54, 1.807) is 19.2 Å². The van der Waals surface area contributed by atoms with Crippen molar-refractivity contribution in [1.29, 1.82) is 0 Å². The summed E-state index contributed by atoms with van der Waals surface area (Å²) in [6, 6.07) is 7.49. The van der Waals surface area contributed by atoms with E-state index in [4.69, 9.17) is 4.74 Å². The molecular weight excluding hydrogens is 240 g/mol. The molecule has 1 aromatic carbocycles. The Morgan fingerprint density at radius 2 is 2.16 bits per heavy atom. The van der Waals surface area contributed by atoms with Gasteiger partial charge in [0.25, 0.3) is 0 Å². The largest absolute Gasteiger partial charge is 0.494 e. The van der Waals surface area contributed by atoms with Crippen LogP contribution in [0.25, 0.3) is 0 Å². The Morgan fingerprint density at radius 1 is 1.37 bits per heavy atom. The van der Waals surface area contributed by atoms with E-state index in [1.807, 2.05) is 36.7 Å². The predicted octanol–water partition coefficient (Wildman–Crippen LogP) is 2.84. The van der Waals surface area contributed by atoms with Gasteiger partial charge < -0.3 is 4.74 Å². The molecule has 0 radical (unpaired) electrons. The molecule has 0 N–H and O–H groups in total. The Labute approximate surface area is 113 Å². The van der Waals surface area contributed by atoms with Crippen LogP contribution in [0, 0.1) is 6.92 Å². The number of hydrogen-bond donors (Lipinski definition) is 0. The third kappa shape index (κ3) is 3.02. The van der Waals surface area contributed by atoms with E-state index in [0.717, 1.165) is 17.0 Å². The summed E-state index contributed by atoms with van der Waals surface area (Å²) in [5.41, 5.74) is 2.75. The first kappa shape index (κ1) is 13.3. The molecule has 0 fully saturated rings. The van der Waals surface area contributed by atoms with Crippen LogP contribution in [0.15, 0.2) is 30.5 Å². The quantitative estimate of drug-likeness (QED) is 0.775. The monoisotopic (exact) mass is 258 g/mol. The van der Waals surface area contributed by atoms with Crippen molar-refractivity contribution in [2.45, 2.75) is 27.3 Å². The Bertz CT molecular complexity index is 588. The highest BCUT2D eigenvalue weighted by molar-refractivity contribution is 5.94. The van der Waals surface area contributed by atoms with Gasteiger partial charge in [-0.25, -0.2) is 0 Å². The molecule has 0 aliphatic carbocycles. The Balaban J connectivity index is 2.37. The second-order valence-electron chi connectivity index (χ2n) is 4.44. The molecule has 2 rings (SSSR count). The van der Waals surface area contributed by atoms with Crippen molar-refractivity contribution in [3.05, 3.63) is 47.3 Å². The van der Waals surface area contributed by atoms with Crippen molar-refractivity contribution in [3.8, 4) is 5.75 Å². The zero-order valence-corrected chi connectivity index (χ0v) is 11.5. The number of rotatable bonds is 5. The molecule has 0 aliphatic rings.